The van der Waals surface area contributed by atoms with Crippen LogP contribution in [0, 0.1) is 22.7 Å². The summed E-state index contributed by atoms with van der Waals surface area (Å²) in [7, 11) is 0. The second-order valence-electron chi connectivity index (χ2n) is 1.41. The van der Waals surface area contributed by atoms with Crippen LogP contribution in [0.1, 0.15) is 6.42 Å². The second kappa shape index (κ2) is 7.32. The van der Waals surface area contributed by atoms with E-state index in [1.807, 2.05) is 12.4 Å². The quantitative estimate of drug-likeness (QED) is 0.493. The lowest BCUT2D eigenvalue weighted by atomic mass is 10.5. The number of nitrogens with zero attached hydrogens (tertiary/aromatic N) is 2. The Balaban J connectivity index is 0.000000162. The number of hydrogen-bond acceptors (Lipinski definition) is 4. The van der Waals surface area contributed by atoms with Crippen LogP contribution in [0.25, 0.3) is 0 Å². The van der Waals surface area contributed by atoms with Crippen LogP contribution in [-0.4, -0.2) is 6.67 Å². The molecule has 0 aromatic rings. The van der Waals surface area contributed by atoms with Gasteiger partial charge in [-0.15, -0.1) is 0 Å². The van der Waals surface area contributed by atoms with E-state index in [2.05, 4.69) is 10.6 Å². The molecule has 1 aliphatic rings. The van der Waals surface area contributed by atoms with E-state index in [-0.39, 0.29) is 6.42 Å². The Bertz CT molecular complexity index is 153. The Labute approximate surface area is 59.8 Å². The average molecular weight is 136 g/mol. The van der Waals surface area contributed by atoms with E-state index in [1.165, 1.54) is 0 Å². The summed E-state index contributed by atoms with van der Waals surface area (Å²) in [5.41, 5.74) is 0. The van der Waals surface area contributed by atoms with Crippen molar-refractivity contribution in [2.24, 2.45) is 0 Å². The van der Waals surface area contributed by atoms with Crippen molar-refractivity contribution >= 4 is 0 Å². The monoisotopic (exact) mass is 136 g/mol. The fourth-order valence-electron chi connectivity index (χ4n) is 0.330. The zero-order valence-electron chi connectivity index (χ0n) is 5.46. The van der Waals surface area contributed by atoms with Gasteiger partial charge in [-0.1, -0.05) is 0 Å². The van der Waals surface area contributed by atoms with Crippen LogP contribution in [0.3, 0.4) is 0 Å². The van der Waals surface area contributed by atoms with Crippen molar-refractivity contribution in [3.8, 4) is 12.1 Å². The van der Waals surface area contributed by atoms with E-state index in [4.69, 9.17) is 10.5 Å². The average Bonchev–Trinajstić information content (AvgIpc) is 2.44. The van der Waals surface area contributed by atoms with Crippen LogP contribution < -0.4 is 10.6 Å². The molecule has 2 N–H and O–H groups in total. The van der Waals surface area contributed by atoms with Crippen LogP contribution in [-0.2, 0) is 0 Å². The Morgan fingerprint density at radius 2 is 1.70 bits per heavy atom. The Hall–Kier alpha value is -1.68. The molecule has 0 saturated carbocycles. The van der Waals surface area contributed by atoms with Crippen molar-refractivity contribution in [1.82, 2.24) is 10.6 Å². The van der Waals surface area contributed by atoms with E-state index in [9.17, 15) is 0 Å². The molecule has 0 saturated heterocycles. The first-order chi connectivity index (χ1) is 4.91. The lowest BCUT2D eigenvalue weighted by Crippen LogP contribution is -2.10. The van der Waals surface area contributed by atoms with Gasteiger partial charge < -0.3 is 10.6 Å². The largest absolute Gasteiger partial charge is 0.373 e. The van der Waals surface area contributed by atoms with Crippen LogP contribution in [0.5, 0.6) is 0 Å². The SMILES string of the molecule is C1=CNCN1.N#CCC#N. The Morgan fingerprint density at radius 3 is 1.80 bits per heavy atom. The molecule has 52 valence electrons. The van der Waals surface area contributed by atoms with E-state index < -0.39 is 0 Å². The third-order valence-electron chi connectivity index (χ3n) is 0.681. The second-order valence-corrected chi connectivity index (χ2v) is 1.41. The lowest BCUT2D eigenvalue weighted by Gasteiger charge is -1.82. The van der Waals surface area contributed by atoms with Crippen LogP contribution >= 0.6 is 0 Å². The highest BCUT2D eigenvalue weighted by atomic mass is 15.1. The van der Waals surface area contributed by atoms with E-state index in [1.54, 1.807) is 12.1 Å². The molecule has 0 amide bonds. The number of rotatable bonds is 0. The number of hydrogen-bond donors (Lipinski definition) is 2. The first kappa shape index (κ1) is 8.32. The van der Waals surface area contributed by atoms with Gasteiger partial charge in [-0.25, -0.2) is 0 Å². The molecule has 0 aromatic carbocycles. The summed E-state index contributed by atoms with van der Waals surface area (Å²) in [6.45, 7) is 0.889. The fourth-order valence-corrected chi connectivity index (χ4v) is 0.330. The molecule has 10 heavy (non-hydrogen) atoms. The van der Waals surface area contributed by atoms with Crippen molar-refractivity contribution in [3.63, 3.8) is 0 Å². The van der Waals surface area contributed by atoms with Gasteiger partial charge in [0.05, 0.1) is 18.8 Å². The molecule has 0 bridgehead atoms. The summed E-state index contributed by atoms with van der Waals surface area (Å²) in [6.07, 6.45) is 3.75. The van der Waals surface area contributed by atoms with E-state index >= 15 is 0 Å². The maximum Gasteiger partial charge on any atom is 0.122 e. The van der Waals surface area contributed by atoms with Gasteiger partial charge in [-0.3, -0.25) is 0 Å². The van der Waals surface area contributed by atoms with E-state index in [0.717, 1.165) is 6.67 Å². The third kappa shape index (κ3) is 6.32. The van der Waals surface area contributed by atoms with Gasteiger partial charge >= 0.3 is 0 Å². The zero-order chi connectivity index (χ0) is 7.66. The topological polar surface area (TPSA) is 71.6 Å². The van der Waals surface area contributed by atoms with Crippen LogP contribution in [0.15, 0.2) is 12.4 Å². The summed E-state index contributed by atoms with van der Waals surface area (Å²) in [4.78, 5) is 0. The zero-order valence-corrected chi connectivity index (χ0v) is 5.46. The first-order valence-corrected chi connectivity index (χ1v) is 2.77. The normalized spacial score (nSPS) is 11.0. The van der Waals surface area contributed by atoms with Gasteiger partial charge in [0.15, 0.2) is 0 Å². The van der Waals surface area contributed by atoms with Gasteiger partial charge in [0.1, 0.15) is 6.42 Å². The molecule has 0 aromatic heterocycles. The first-order valence-electron chi connectivity index (χ1n) is 2.77. The molecule has 0 fully saturated rings. The molecule has 0 radical (unpaired) electrons. The molecule has 4 heteroatoms. The van der Waals surface area contributed by atoms with Gasteiger partial charge in [-0.2, -0.15) is 10.5 Å². The number of nitrogens with one attached hydrogen (secondary N) is 2. The summed E-state index contributed by atoms with van der Waals surface area (Å²) in [5, 5.41) is 21.0. The fraction of sp³-hybridized carbons (Fsp3) is 0.333. The summed E-state index contributed by atoms with van der Waals surface area (Å²) >= 11 is 0. The van der Waals surface area contributed by atoms with Gasteiger partial charge in [-0.05, 0) is 0 Å². The summed E-state index contributed by atoms with van der Waals surface area (Å²) in [6, 6.07) is 3.31. The van der Waals surface area contributed by atoms with Gasteiger partial charge in [0.25, 0.3) is 0 Å². The highest BCUT2D eigenvalue weighted by molar-refractivity contribution is 4.85. The van der Waals surface area contributed by atoms with Crippen LogP contribution in [0.2, 0.25) is 0 Å². The molecule has 4 nitrogen and oxygen atoms in total. The predicted octanol–water partition coefficient (Wildman–Crippen LogP) is 0.0316. The Morgan fingerprint density at radius 1 is 1.20 bits per heavy atom. The van der Waals surface area contributed by atoms with Crippen molar-refractivity contribution in [1.29, 1.82) is 10.5 Å². The van der Waals surface area contributed by atoms with Gasteiger partial charge in [0.2, 0.25) is 0 Å². The molecular formula is C6H8N4. The maximum absolute atomic E-state index is 7.59. The van der Waals surface area contributed by atoms with Gasteiger partial charge in [0, 0.05) is 12.4 Å². The minimum Gasteiger partial charge on any atom is -0.373 e. The molecule has 1 rings (SSSR count). The van der Waals surface area contributed by atoms with Crippen molar-refractivity contribution in [3.05, 3.63) is 12.4 Å². The smallest absolute Gasteiger partial charge is 0.122 e. The molecule has 0 atom stereocenters. The summed E-state index contributed by atoms with van der Waals surface area (Å²) in [5.74, 6) is 0. The summed E-state index contributed by atoms with van der Waals surface area (Å²) < 4.78 is 0. The minimum atomic E-state index is 0. The molecular weight excluding hydrogens is 128 g/mol. The van der Waals surface area contributed by atoms with Crippen molar-refractivity contribution in [2.45, 2.75) is 6.42 Å². The molecule has 0 unspecified atom stereocenters. The highest BCUT2D eigenvalue weighted by Crippen LogP contribution is 1.65. The minimum absolute atomic E-state index is 0. The maximum atomic E-state index is 7.59. The standard InChI is InChI=1S/C3H6N2.C3H2N2/c1-2-5-3-4-1;4-2-1-3-5/h1-2,4-5H,3H2;1H2. The Kier molecular flexibility index (Phi) is 6.09. The molecule has 0 aliphatic carbocycles. The number of nitriles is 2. The molecule has 1 heterocycles. The molecule has 0 spiro atoms. The van der Waals surface area contributed by atoms with Crippen LogP contribution in [0.4, 0.5) is 0 Å². The van der Waals surface area contributed by atoms with E-state index in [0.29, 0.717) is 0 Å². The molecule has 1 aliphatic heterocycles. The van der Waals surface area contributed by atoms with Crippen molar-refractivity contribution < 1.29 is 0 Å². The predicted molar refractivity (Wildman–Crippen MR) is 36.1 cm³/mol. The van der Waals surface area contributed by atoms with Crippen molar-refractivity contribution in [2.75, 3.05) is 6.67 Å². The third-order valence-corrected chi connectivity index (χ3v) is 0.681. The highest BCUT2D eigenvalue weighted by Gasteiger charge is 1.77. The lowest BCUT2D eigenvalue weighted by molar-refractivity contribution is 0.836.